The maximum absolute atomic E-state index is 9.50. The summed E-state index contributed by atoms with van der Waals surface area (Å²) in [6.45, 7) is 1.81. The number of benzene rings is 1. The van der Waals surface area contributed by atoms with E-state index < -0.39 is 0 Å². The van der Waals surface area contributed by atoms with E-state index >= 15 is 0 Å². The normalized spacial score (nSPS) is 11.0. The van der Waals surface area contributed by atoms with Gasteiger partial charge < -0.3 is 5.11 Å². The van der Waals surface area contributed by atoms with Crippen LogP contribution in [0.4, 0.5) is 0 Å². The summed E-state index contributed by atoms with van der Waals surface area (Å²) in [6.07, 6.45) is 3.29. The third kappa shape index (κ3) is 3.06. The van der Waals surface area contributed by atoms with Crippen molar-refractivity contribution in [2.75, 3.05) is 0 Å². The van der Waals surface area contributed by atoms with Gasteiger partial charge in [0.15, 0.2) is 5.16 Å². The Bertz CT molecular complexity index is 792. The first kappa shape index (κ1) is 14.0. The molecule has 0 fully saturated rings. The highest BCUT2D eigenvalue weighted by molar-refractivity contribution is 7.98. The molecule has 1 N–H and O–H groups in total. The van der Waals surface area contributed by atoms with Crippen molar-refractivity contribution < 1.29 is 5.11 Å². The fraction of sp³-hybridized carbons (Fsp3) is 0.143. The molecular weight excluding hydrogens is 308 g/mol. The third-order valence-electron chi connectivity index (χ3n) is 2.85. The Hall–Kier alpha value is -1.92. The molecule has 0 amide bonds. The number of hydrogen-bond donors (Lipinski definition) is 1. The van der Waals surface area contributed by atoms with Gasteiger partial charge in [0.1, 0.15) is 0 Å². The zero-order valence-electron chi connectivity index (χ0n) is 11.1. The van der Waals surface area contributed by atoms with Gasteiger partial charge in [-0.25, -0.2) is 4.98 Å². The molecule has 3 aromatic rings. The van der Waals surface area contributed by atoms with Crippen LogP contribution in [0.3, 0.4) is 0 Å². The maximum Gasteiger partial charge on any atom is 0.215 e. The largest absolute Gasteiger partial charge is 0.493 e. The fourth-order valence-corrected chi connectivity index (χ4v) is 3.16. The van der Waals surface area contributed by atoms with Crippen LogP contribution in [-0.4, -0.2) is 25.0 Å². The Morgan fingerprint density at radius 2 is 2.00 bits per heavy atom. The van der Waals surface area contributed by atoms with E-state index in [2.05, 4.69) is 19.9 Å². The molecule has 0 unspecified atom stereocenters. The van der Waals surface area contributed by atoms with E-state index in [1.807, 2.05) is 19.1 Å². The number of aryl methyl sites for hydroxylation is 1. The van der Waals surface area contributed by atoms with Crippen molar-refractivity contribution in [3.05, 3.63) is 46.9 Å². The summed E-state index contributed by atoms with van der Waals surface area (Å²) in [5, 5.41) is 10.6. The molecule has 0 atom stereocenters. The molecule has 0 aliphatic rings. The van der Waals surface area contributed by atoms with Gasteiger partial charge in [-0.15, -0.1) is 0 Å². The van der Waals surface area contributed by atoms with E-state index in [4.69, 9.17) is 11.6 Å². The summed E-state index contributed by atoms with van der Waals surface area (Å²) in [4.78, 5) is 16.9. The summed E-state index contributed by atoms with van der Waals surface area (Å²) in [5.74, 6) is 0.520. The zero-order valence-corrected chi connectivity index (χ0v) is 12.7. The van der Waals surface area contributed by atoms with Gasteiger partial charge in [-0.1, -0.05) is 23.4 Å². The molecule has 5 nitrogen and oxygen atoms in total. The van der Waals surface area contributed by atoms with E-state index in [0.29, 0.717) is 21.6 Å². The molecule has 0 aliphatic heterocycles. The summed E-state index contributed by atoms with van der Waals surface area (Å²) >= 11 is 7.66. The van der Waals surface area contributed by atoms with Crippen molar-refractivity contribution in [3.8, 4) is 5.88 Å². The SMILES string of the molecule is Cc1cc(O)nc(SCc2c(Cl)ccc3nccnc23)n1. The fourth-order valence-electron chi connectivity index (χ4n) is 1.93. The topological polar surface area (TPSA) is 71.8 Å². The Morgan fingerprint density at radius 3 is 2.81 bits per heavy atom. The molecule has 0 saturated heterocycles. The van der Waals surface area contributed by atoms with E-state index in [1.165, 1.54) is 17.8 Å². The Morgan fingerprint density at radius 1 is 1.19 bits per heavy atom. The lowest BCUT2D eigenvalue weighted by Crippen LogP contribution is -1.93. The predicted octanol–water partition coefficient (Wildman–Crippen LogP) is 3.38. The highest BCUT2D eigenvalue weighted by Gasteiger charge is 2.10. The van der Waals surface area contributed by atoms with Crippen molar-refractivity contribution in [3.63, 3.8) is 0 Å². The van der Waals surface area contributed by atoms with Crippen LogP contribution in [0.15, 0.2) is 35.7 Å². The van der Waals surface area contributed by atoms with Crippen LogP contribution in [0.1, 0.15) is 11.3 Å². The van der Waals surface area contributed by atoms with Crippen molar-refractivity contribution in [2.45, 2.75) is 17.8 Å². The van der Waals surface area contributed by atoms with Crippen LogP contribution in [-0.2, 0) is 5.75 Å². The van der Waals surface area contributed by atoms with Crippen LogP contribution in [0.5, 0.6) is 5.88 Å². The van der Waals surface area contributed by atoms with Crippen molar-refractivity contribution in [1.29, 1.82) is 0 Å². The lowest BCUT2D eigenvalue weighted by atomic mass is 10.2. The Kier molecular flexibility index (Phi) is 3.90. The van der Waals surface area contributed by atoms with Crippen LogP contribution in [0.25, 0.3) is 11.0 Å². The number of hydrogen-bond acceptors (Lipinski definition) is 6. The predicted molar refractivity (Wildman–Crippen MR) is 82.5 cm³/mol. The molecular formula is C14H11ClN4OS. The van der Waals surface area contributed by atoms with Crippen molar-refractivity contribution in [1.82, 2.24) is 19.9 Å². The summed E-state index contributed by atoms with van der Waals surface area (Å²) < 4.78 is 0. The number of aromatic nitrogens is 4. The summed E-state index contributed by atoms with van der Waals surface area (Å²) in [6, 6.07) is 5.16. The van der Waals surface area contributed by atoms with Crippen LogP contribution < -0.4 is 0 Å². The molecule has 0 aliphatic carbocycles. The molecule has 106 valence electrons. The van der Waals surface area contributed by atoms with Gasteiger partial charge in [0.05, 0.1) is 11.0 Å². The van der Waals surface area contributed by atoms with Crippen LogP contribution in [0.2, 0.25) is 5.02 Å². The number of rotatable bonds is 3. The first-order valence-electron chi connectivity index (χ1n) is 6.19. The number of thioether (sulfide) groups is 1. The van der Waals surface area contributed by atoms with Gasteiger partial charge in [-0.05, 0) is 19.1 Å². The lowest BCUT2D eigenvalue weighted by molar-refractivity contribution is 0.444. The molecule has 3 rings (SSSR count). The first-order valence-corrected chi connectivity index (χ1v) is 7.55. The highest BCUT2D eigenvalue weighted by Crippen LogP contribution is 2.29. The van der Waals surface area contributed by atoms with Gasteiger partial charge in [0.2, 0.25) is 5.88 Å². The van der Waals surface area contributed by atoms with E-state index in [-0.39, 0.29) is 5.88 Å². The third-order valence-corrected chi connectivity index (χ3v) is 4.08. The van der Waals surface area contributed by atoms with Crippen molar-refractivity contribution >= 4 is 34.4 Å². The monoisotopic (exact) mass is 318 g/mol. The average Bonchev–Trinajstić information content (AvgIpc) is 2.45. The minimum atomic E-state index is -0.0335. The highest BCUT2D eigenvalue weighted by atomic mass is 35.5. The molecule has 2 aromatic heterocycles. The van der Waals surface area contributed by atoms with Crippen molar-refractivity contribution in [2.24, 2.45) is 0 Å². The van der Waals surface area contributed by atoms with E-state index in [9.17, 15) is 5.11 Å². The summed E-state index contributed by atoms with van der Waals surface area (Å²) in [5.41, 5.74) is 3.17. The summed E-state index contributed by atoms with van der Waals surface area (Å²) in [7, 11) is 0. The molecule has 0 bridgehead atoms. The molecule has 7 heteroatoms. The standard InChI is InChI=1S/C14H11ClN4OS/c1-8-6-12(20)19-14(18-8)21-7-9-10(15)2-3-11-13(9)17-5-4-16-11/h2-6H,7H2,1H3,(H,18,19,20). The number of aromatic hydroxyl groups is 1. The van der Waals surface area contributed by atoms with Gasteiger partial charge >= 0.3 is 0 Å². The second kappa shape index (κ2) is 5.83. The quantitative estimate of drug-likeness (QED) is 0.589. The number of halogens is 1. The number of nitrogens with zero attached hydrogens (tertiary/aromatic N) is 4. The van der Waals surface area contributed by atoms with Gasteiger partial charge in [0, 0.05) is 40.5 Å². The molecule has 21 heavy (non-hydrogen) atoms. The smallest absolute Gasteiger partial charge is 0.215 e. The lowest BCUT2D eigenvalue weighted by Gasteiger charge is -2.07. The molecule has 2 heterocycles. The Labute approximate surface area is 130 Å². The molecule has 1 aromatic carbocycles. The minimum Gasteiger partial charge on any atom is -0.493 e. The minimum absolute atomic E-state index is 0.0335. The van der Waals surface area contributed by atoms with Gasteiger partial charge in [0.25, 0.3) is 0 Å². The maximum atomic E-state index is 9.50. The second-order valence-corrected chi connectivity index (χ2v) is 5.74. The molecule has 0 radical (unpaired) electrons. The second-order valence-electron chi connectivity index (χ2n) is 4.39. The first-order chi connectivity index (χ1) is 10.1. The zero-order chi connectivity index (χ0) is 14.8. The van der Waals surface area contributed by atoms with E-state index in [0.717, 1.165) is 16.6 Å². The van der Waals surface area contributed by atoms with Crippen LogP contribution in [0, 0.1) is 6.92 Å². The van der Waals surface area contributed by atoms with E-state index in [1.54, 1.807) is 12.4 Å². The molecule has 0 spiro atoms. The Balaban J connectivity index is 1.93. The van der Waals surface area contributed by atoms with Gasteiger partial charge in [-0.3, -0.25) is 9.97 Å². The van der Waals surface area contributed by atoms with Crippen LogP contribution >= 0.6 is 23.4 Å². The average molecular weight is 319 g/mol. The molecule has 0 saturated carbocycles. The number of fused-ring (bicyclic) bond motifs is 1. The van der Waals surface area contributed by atoms with Gasteiger partial charge in [-0.2, -0.15) is 4.98 Å².